The van der Waals surface area contributed by atoms with Crippen LogP contribution < -0.4 is 16.0 Å². The number of benzene rings is 2. The molecule has 3 aromatic rings. The number of hydrogen-bond acceptors (Lipinski definition) is 6. The number of pyridine rings is 1. The molecule has 0 saturated heterocycles. The van der Waals surface area contributed by atoms with Crippen LogP contribution >= 0.6 is 0 Å². The van der Waals surface area contributed by atoms with Crippen molar-refractivity contribution < 1.29 is 9.59 Å². The van der Waals surface area contributed by atoms with Crippen molar-refractivity contribution in [3.8, 4) is 0 Å². The molecule has 2 unspecified atom stereocenters. The molecule has 2 aromatic carbocycles. The number of rotatable bonds is 10. The molecular weight excluding hydrogens is 500 g/mol. The van der Waals surface area contributed by atoms with Crippen LogP contribution in [0, 0.1) is 11.8 Å². The van der Waals surface area contributed by atoms with Crippen LogP contribution in [0.4, 0.5) is 11.4 Å². The molecule has 1 aromatic heterocycles. The summed E-state index contributed by atoms with van der Waals surface area (Å²) in [6.45, 7) is 11.1. The lowest BCUT2D eigenvalue weighted by atomic mass is 10.1. The first-order chi connectivity index (χ1) is 19.3. The minimum Gasteiger partial charge on any atom is -0.370 e. The smallest absolute Gasteiger partial charge is 0.274 e. The van der Waals surface area contributed by atoms with E-state index in [2.05, 4.69) is 46.7 Å². The molecule has 0 fully saturated rings. The van der Waals surface area contributed by atoms with Gasteiger partial charge in [-0.3, -0.25) is 24.6 Å². The normalized spacial score (nSPS) is 15.9. The second kappa shape index (κ2) is 13.6. The lowest BCUT2D eigenvalue weighted by Crippen LogP contribution is -2.35. The molecule has 0 bridgehead atoms. The number of hydrogen-bond donors (Lipinski definition) is 3. The Labute approximate surface area is 236 Å². The summed E-state index contributed by atoms with van der Waals surface area (Å²) in [5, 5.41) is 9.06. The van der Waals surface area contributed by atoms with Gasteiger partial charge in [0.05, 0.1) is 5.56 Å². The van der Waals surface area contributed by atoms with Gasteiger partial charge in [-0.05, 0) is 79.3 Å². The highest BCUT2D eigenvalue weighted by molar-refractivity contribution is 6.06. The van der Waals surface area contributed by atoms with Gasteiger partial charge in [0.1, 0.15) is 11.5 Å². The molecule has 3 N–H and O–H groups in total. The zero-order valence-electron chi connectivity index (χ0n) is 23.7. The van der Waals surface area contributed by atoms with Crippen molar-refractivity contribution in [2.45, 2.75) is 40.5 Å². The van der Waals surface area contributed by atoms with Gasteiger partial charge in [-0.25, -0.2) is 0 Å². The number of nitrogens with one attached hydrogen (secondary N) is 3. The fourth-order valence-corrected chi connectivity index (χ4v) is 4.37. The Kier molecular flexibility index (Phi) is 9.78. The summed E-state index contributed by atoms with van der Waals surface area (Å²) in [5.41, 5.74) is 4.91. The van der Waals surface area contributed by atoms with Gasteiger partial charge in [0, 0.05) is 48.5 Å². The largest absolute Gasteiger partial charge is 0.370 e. The molecule has 4 rings (SSSR count). The Morgan fingerprint density at radius 2 is 1.62 bits per heavy atom. The number of aromatic nitrogens is 1. The molecule has 208 valence electrons. The van der Waals surface area contributed by atoms with Gasteiger partial charge in [0.25, 0.3) is 11.8 Å². The molecule has 40 heavy (non-hydrogen) atoms. The monoisotopic (exact) mass is 538 g/mol. The van der Waals surface area contributed by atoms with E-state index in [9.17, 15) is 9.59 Å². The molecular formula is C32H38N6O2. The van der Waals surface area contributed by atoms with Crippen LogP contribution in [0.2, 0.25) is 0 Å². The van der Waals surface area contributed by atoms with Crippen molar-refractivity contribution in [1.82, 2.24) is 10.3 Å². The van der Waals surface area contributed by atoms with Crippen molar-refractivity contribution >= 4 is 34.7 Å². The Morgan fingerprint density at radius 1 is 0.975 bits per heavy atom. The average molecular weight is 539 g/mol. The van der Waals surface area contributed by atoms with Gasteiger partial charge < -0.3 is 16.0 Å². The first-order valence-electron chi connectivity index (χ1n) is 13.9. The molecule has 0 aliphatic carbocycles. The maximum absolute atomic E-state index is 12.7. The van der Waals surface area contributed by atoms with E-state index < -0.39 is 0 Å². The van der Waals surface area contributed by atoms with Crippen LogP contribution in [0.15, 0.2) is 76.8 Å². The van der Waals surface area contributed by atoms with Gasteiger partial charge >= 0.3 is 0 Å². The van der Waals surface area contributed by atoms with Gasteiger partial charge in [-0.15, -0.1) is 0 Å². The molecule has 8 nitrogen and oxygen atoms in total. The molecule has 1 aliphatic rings. The lowest BCUT2D eigenvalue weighted by molar-refractivity contribution is 0.101. The maximum Gasteiger partial charge on any atom is 0.274 e. The molecule has 8 heteroatoms. The summed E-state index contributed by atoms with van der Waals surface area (Å²) >= 11 is 0. The Hall–Kier alpha value is -4.33. The van der Waals surface area contributed by atoms with Crippen LogP contribution in [-0.2, 0) is 0 Å². The van der Waals surface area contributed by atoms with Gasteiger partial charge in [-0.2, -0.15) is 0 Å². The van der Waals surface area contributed by atoms with Crippen molar-refractivity contribution in [2.75, 3.05) is 30.3 Å². The third kappa shape index (κ3) is 7.85. The predicted octanol–water partition coefficient (Wildman–Crippen LogP) is 5.82. The standard InChI is InChI=1S/C32H38N6O2/c1-5-6-21(2)17-33-23(4)24-7-12-28(13-8-24)38-32(40)29-16-11-26(20-34-29)31(39)37-27-14-9-25(10-15-27)30-35-18-22(3)19-36-30/h7-16,20-22H,5-6,17-19H2,1-4H3,(H,35,36)(H,37,39)(H,38,40). The minimum atomic E-state index is -0.345. The topological polar surface area (TPSA) is 108 Å². The lowest BCUT2D eigenvalue weighted by Gasteiger charge is -2.20. The van der Waals surface area contributed by atoms with Gasteiger partial charge in [-0.1, -0.05) is 39.3 Å². The molecule has 0 radical (unpaired) electrons. The van der Waals surface area contributed by atoms with Crippen LogP contribution in [0.1, 0.15) is 72.5 Å². The van der Waals surface area contributed by atoms with E-state index in [1.807, 2.05) is 55.5 Å². The Balaban J connectivity index is 1.30. The Bertz CT molecular complexity index is 1360. The van der Waals surface area contributed by atoms with Crippen LogP contribution in [0.25, 0.3) is 0 Å². The highest BCUT2D eigenvalue weighted by atomic mass is 16.2. The van der Waals surface area contributed by atoms with E-state index in [0.717, 1.165) is 48.7 Å². The second-order valence-electron chi connectivity index (χ2n) is 10.5. The van der Waals surface area contributed by atoms with E-state index in [4.69, 9.17) is 4.99 Å². The third-order valence-electron chi connectivity index (χ3n) is 6.84. The van der Waals surface area contributed by atoms with E-state index in [1.54, 1.807) is 12.1 Å². The number of nitrogens with zero attached hydrogens (tertiary/aromatic N) is 3. The summed E-state index contributed by atoms with van der Waals surface area (Å²) in [6, 6.07) is 18.3. The quantitative estimate of drug-likeness (QED) is 0.283. The predicted molar refractivity (Wildman–Crippen MR) is 163 cm³/mol. The zero-order chi connectivity index (χ0) is 28.5. The van der Waals surface area contributed by atoms with Crippen molar-refractivity contribution in [1.29, 1.82) is 0 Å². The van der Waals surface area contributed by atoms with Crippen LogP contribution in [0.3, 0.4) is 0 Å². The molecule has 1 aliphatic heterocycles. The number of amidine groups is 1. The Morgan fingerprint density at radius 3 is 2.23 bits per heavy atom. The SMILES string of the molecule is CCCC(C)CN=C(C)c1ccc(NC(=O)c2ccc(C(=O)Nc3ccc(C4=NCC(C)CN4)cc3)cn2)cc1. The maximum atomic E-state index is 12.7. The highest BCUT2D eigenvalue weighted by Crippen LogP contribution is 2.15. The third-order valence-corrected chi connectivity index (χ3v) is 6.84. The summed E-state index contributed by atoms with van der Waals surface area (Å²) in [6.07, 6.45) is 3.74. The first kappa shape index (κ1) is 28.7. The fraction of sp³-hybridized carbons (Fsp3) is 0.344. The van der Waals surface area contributed by atoms with E-state index in [0.29, 0.717) is 28.8 Å². The van der Waals surface area contributed by atoms with E-state index in [1.165, 1.54) is 12.6 Å². The van der Waals surface area contributed by atoms with Crippen LogP contribution in [-0.4, -0.2) is 48.0 Å². The number of carbonyl (C=O) groups excluding carboxylic acids is 2. The number of anilines is 2. The van der Waals surface area contributed by atoms with Gasteiger partial charge in [0.2, 0.25) is 0 Å². The fourth-order valence-electron chi connectivity index (χ4n) is 4.37. The van der Waals surface area contributed by atoms with Crippen molar-refractivity contribution in [3.63, 3.8) is 0 Å². The van der Waals surface area contributed by atoms with Crippen molar-refractivity contribution in [2.24, 2.45) is 21.8 Å². The van der Waals surface area contributed by atoms with Gasteiger partial charge in [0.15, 0.2) is 0 Å². The second-order valence-corrected chi connectivity index (χ2v) is 10.5. The molecule has 2 amide bonds. The first-order valence-corrected chi connectivity index (χ1v) is 13.9. The number of aliphatic imine (C=N–C) groups is 2. The minimum absolute atomic E-state index is 0.225. The molecule has 0 spiro atoms. The van der Waals surface area contributed by atoms with E-state index in [-0.39, 0.29) is 17.5 Å². The summed E-state index contributed by atoms with van der Waals surface area (Å²) < 4.78 is 0. The number of amides is 2. The molecule has 0 saturated carbocycles. The zero-order valence-corrected chi connectivity index (χ0v) is 23.7. The van der Waals surface area contributed by atoms with E-state index >= 15 is 0 Å². The van der Waals surface area contributed by atoms with Crippen LogP contribution in [0.5, 0.6) is 0 Å². The molecule has 2 heterocycles. The molecule has 2 atom stereocenters. The summed E-state index contributed by atoms with van der Waals surface area (Å²) in [5.74, 6) is 1.33. The van der Waals surface area contributed by atoms with Crippen molar-refractivity contribution in [3.05, 3.63) is 89.2 Å². The summed E-state index contributed by atoms with van der Waals surface area (Å²) in [7, 11) is 0. The number of carbonyl (C=O) groups is 2. The average Bonchev–Trinajstić information content (AvgIpc) is 2.97. The summed E-state index contributed by atoms with van der Waals surface area (Å²) in [4.78, 5) is 38.9. The highest BCUT2D eigenvalue weighted by Gasteiger charge is 2.14.